The standard InChI is InChI=1S/C18H22N2O5S/c1-12(21)19-15-8-9-16(14-7-5-4-6-13(14)15)26(24,25)20-18(2,3)11-10-17(22)23/h4-9,20H,10-11H2,1-3H3,(H,19,21)(H,22,23). The zero-order valence-electron chi connectivity index (χ0n) is 14.9. The Morgan fingerprint density at radius 3 is 2.27 bits per heavy atom. The van der Waals surface area contributed by atoms with Crippen molar-refractivity contribution < 1.29 is 23.1 Å². The van der Waals surface area contributed by atoms with Crippen LogP contribution in [0, 0.1) is 0 Å². The number of anilines is 1. The van der Waals surface area contributed by atoms with E-state index in [4.69, 9.17) is 5.11 Å². The van der Waals surface area contributed by atoms with Crippen LogP contribution in [0.3, 0.4) is 0 Å². The number of carbonyl (C=O) groups is 2. The van der Waals surface area contributed by atoms with Crippen molar-refractivity contribution in [3.05, 3.63) is 36.4 Å². The molecule has 0 atom stereocenters. The second-order valence-electron chi connectivity index (χ2n) is 6.72. The molecule has 7 nitrogen and oxygen atoms in total. The van der Waals surface area contributed by atoms with Crippen LogP contribution < -0.4 is 10.0 Å². The average molecular weight is 378 g/mol. The van der Waals surface area contributed by atoms with Gasteiger partial charge in [-0.1, -0.05) is 24.3 Å². The quantitative estimate of drug-likeness (QED) is 0.686. The minimum atomic E-state index is -3.89. The van der Waals surface area contributed by atoms with Gasteiger partial charge in [-0.2, -0.15) is 0 Å². The summed E-state index contributed by atoms with van der Waals surface area (Å²) in [5.41, 5.74) is -0.397. The monoisotopic (exact) mass is 378 g/mol. The van der Waals surface area contributed by atoms with E-state index in [-0.39, 0.29) is 23.6 Å². The highest BCUT2D eigenvalue weighted by Crippen LogP contribution is 2.30. The molecule has 3 N–H and O–H groups in total. The van der Waals surface area contributed by atoms with Crippen molar-refractivity contribution in [2.45, 2.75) is 44.0 Å². The Morgan fingerprint density at radius 1 is 1.08 bits per heavy atom. The molecule has 2 aromatic rings. The van der Waals surface area contributed by atoms with Crippen LogP contribution in [0.15, 0.2) is 41.3 Å². The Kier molecular flexibility index (Phi) is 5.68. The second kappa shape index (κ2) is 7.43. The van der Waals surface area contributed by atoms with E-state index in [9.17, 15) is 18.0 Å². The van der Waals surface area contributed by atoms with Crippen molar-refractivity contribution in [2.24, 2.45) is 0 Å². The first-order valence-electron chi connectivity index (χ1n) is 8.07. The fraction of sp³-hybridized carbons (Fsp3) is 0.333. The Bertz CT molecular complexity index is 951. The molecule has 0 bridgehead atoms. The summed E-state index contributed by atoms with van der Waals surface area (Å²) >= 11 is 0. The van der Waals surface area contributed by atoms with Crippen LogP contribution in [0.5, 0.6) is 0 Å². The number of amides is 1. The maximum absolute atomic E-state index is 12.9. The lowest BCUT2D eigenvalue weighted by Gasteiger charge is -2.26. The van der Waals surface area contributed by atoms with E-state index in [1.165, 1.54) is 13.0 Å². The SMILES string of the molecule is CC(=O)Nc1ccc(S(=O)(=O)NC(C)(C)CCC(=O)O)c2ccccc12. The Hall–Kier alpha value is -2.45. The Balaban J connectivity index is 2.45. The Morgan fingerprint density at radius 2 is 1.69 bits per heavy atom. The molecule has 0 saturated carbocycles. The molecule has 8 heteroatoms. The lowest BCUT2D eigenvalue weighted by atomic mass is 10.0. The summed E-state index contributed by atoms with van der Waals surface area (Å²) in [6, 6.07) is 9.85. The van der Waals surface area contributed by atoms with Crippen molar-refractivity contribution >= 4 is 38.4 Å². The van der Waals surface area contributed by atoms with Gasteiger partial charge >= 0.3 is 5.97 Å². The van der Waals surface area contributed by atoms with Crippen molar-refractivity contribution in [2.75, 3.05) is 5.32 Å². The van der Waals surface area contributed by atoms with Crippen molar-refractivity contribution in [3.63, 3.8) is 0 Å². The highest BCUT2D eigenvalue weighted by Gasteiger charge is 2.28. The highest BCUT2D eigenvalue weighted by atomic mass is 32.2. The summed E-state index contributed by atoms with van der Waals surface area (Å²) in [6.45, 7) is 4.66. The van der Waals surface area contributed by atoms with E-state index in [1.807, 2.05) is 0 Å². The first-order valence-corrected chi connectivity index (χ1v) is 9.55. The van der Waals surface area contributed by atoms with E-state index in [2.05, 4.69) is 10.0 Å². The molecule has 0 saturated heterocycles. The second-order valence-corrected chi connectivity index (χ2v) is 8.37. The van der Waals surface area contributed by atoms with Crippen LogP contribution in [-0.2, 0) is 19.6 Å². The van der Waals surface area contributed by atoms with Gasteiger partial charge in [0, 0.05) is 35.3 Å². The number of hydrogen-bond acceptors (Lipinski definition) is 4. The number of benzene rings is 2. The normalized spacial score (nSPS) is 12.1. The largest absolute Gasteiger partial charge is 0.481 e. The number of nitrogens with one attached hydrogen (secondary N) is 2. The molecule has 0 aliphatic rings. The summed E-state index contributed by atoms with van der Waals surface area (Å²) in [5.74, 6) is -1.24. The van der Waals surface area contributed by atoms with Crippen molar-refractivity contribution in [1.82, 2.24) is 4.72 Å². The molecule has 0 aromatic heterocycles. The average Bonchev–Trinajstić information content (AvgIpc) is 2.51. The van der Waals surface area contributed by atoms with Gasteiger partial charge in [0.15, 0.2) is 0 Å². The number of rotatable bonds is 7. The maximum Gasteiger partial charge on any atom is 0.303 e. The summed E-state index contributed by atoms with van der Waals surface area (Å²) in [4.78, 5) is 22.2. The molecule has 0 unspecified atom stereocenters. The van der Waals surface area contributed by atoms with E-state index < -0.39 is 21.5 Å². The molecule has 26 heavy (non-hydrogen) atoms. The van der Waals surface area contributed by atoms with Crippen LogP contribution in [0.1, 0.15) is 33.6 Å². The van der Waals surface area contributed by atoms with Gasteiger partial charge in [0.1, 0.15) is 0 Å². The van der Waals surface area contributed by atoms with Crippen LogP contribution in [0.25, 0.3) is 10.8 Å². The number of sulfonamides is 1. The third-order valence-corrected chi connectivity index (χ3v) is 5.62. The third kappa shape index (κ3) is 4.80. The van der Waals surface area contributed by atoms with Crippen LogP contribution >= 0.6 is 0 Å². The molecular weight excluding hydrogens is 356 g/mol. The zero-order chi connectivity index (χ0) is 19.5. The number of carbonyl (C=O) groups excluding carboxylic acids is 1. The minimum Gasteiger partial charge on any atom is -0.481 e. The number of carboxylic acids is 1. The number of hydrogen-bond donors (Lipinski definition) is 3. The number of carboxylic acid groups (broad SMARTS) is 1. The molecule has 0 fully saturated rings. The van der Waals surface area contributed by atoms with E-state index in [1.54, 1.807) is 44.2 Å². The smallest absolute Gasteiger partial charge is 0.303 e. The summed E-state index contributed by atoms with van der Waals surface area (Å²) < 4.78 is 28.4. The molecule has 2 rings (SSSR count). The fourth-order valence-corrected chi connectivity index (χ4v) is 4.35. The van der Waals surface area contributed by atoms with Crippen LogP contribution in [0.4, 0.5) is 5.69 Å². The topological polar surface area (TPSA) is 113 Å². The summed E-state index contributed by atoms with van der Waals surface area (Å²) in [6.07, 6.45) is 0.0151. The number of fused-ring (bicyclic) bond motifs is 1. The van der Waals surface area contributed by atoms with E-state index in [0.717, 1.165) is 0 Å². The van der Waals surface area contributed by atoms with Gasteiger partial charge < -0.3 is 10.4 Å². The fourth-order valence-electron chi connectivity index (χ4n) is 2.69. The van der Waals surface area contributed by atoms with Gasteiger partial charge in [0.25, 0.3) is 0 Å². The molecule has 0 spiro atoms. The summed E-state index contributed by atoms with van der Waals surface area (Å²) in [5, 5.41) is 12.6. The van der Waals surface area contributed by atoms with Gasteiger partial charge in [0.2, 0.25) is 15.9 Å². The molecule has 1 amide bonds. The van der Waals surface area contributed by atoms with Gasteiger partial charge in [-0.15, -0.1) is 0 Å². The van der Waals surface area contributed by atoms with Crippen molar-refractivity contribution in [1.29, 1.82) is 0 Å². The van der Waals surface area contributed by atoms with E-state index >= 15 is 0 Å². The lowest BCUT2D eigenvalue weighted by Crippen LogP contribution is -2.43. The minimum absolute atomic E-state index is 0.0746. The van der Waals surface area contributed by atoms with Crippen LogP contribution in [-0.4, -0.2) is 30.9 Å². The molecule has 140 valence electrons. The van der Waals surface area contributed by atoms with Crippen LogP contribution in [0.2, 0.25) is 0 Å². The molecule has 0 aliphatic heterocycles. The third-order valence-electron chi connectivity index (χ3n) is 3.86. The Labute approximate surface area is 152 Å². The predicted octanol–water partition coefficient (Wildman–Crippen LogP) is 2.72. The molecular formula is C18H22N2O5S. The van der Waals surface area contributed by atoms with Gasteiger partial charge in [-0.3, -0.25) is 9.59 Å². The predicted molar refractivity (Wildman–Crippen MR) is 99.5 cm³/mol. The van der Waals surface area contributed by atoms with Gasteiger partial charge in [0.05, 0.1) is 4.90 Å². The molecule has 0 radical (unpaired) electrons. The van der Waals surface area contributed by atoms with Gasteiger partial charge in [-0.05, 0) is 32.4 Å². The highest BCUT2D eigenvalue weighted by molar-refractivity contribution is 7.89. The summed E-state index contributed by atoms with van der Waals surface area (Å²) in [7, 11) is -3.89. The molecule has 0 heterocycles. The first kappa shape index (κ1) is 19.9. The number of aliphatic carboxylic acids is 1. The maximum atomic E-state index is 12.9. The lowest BCUT2D eigenvalue weighted by molar-refractivity contribution is -0.137. The van der Waals surface area contributed by atoms with Gasteiger partial charge in [-0.25, -0.2) is 13.1 Å². The zero-order valence-corrected chi connectivity index (χ0v) is 15.7. The van der Waals surface area contributed by atoms with E-state index in [0.29, 0.717) is 16.5 Å². The van der Waals surface area contributed by atoms with Crippen molar-refractivity contribution in [3.8, 4) is 0 Å². The molecule has 0 aliphatic carbocycles. The first-order chi connectivity index (χ1) is 12.0. The molecule has 2 aromatic carbocycles.